The van der Waals surface area contributed by atoms with E-state index in [0.29, 0.717) is 12.3 Å². The lowest BCUT2D eigenvalue weighted by atomic mass is 10.2. The van der Waals surface area contributed by atoms with E-state index in [9.17, 15) is 4.79 Å². The van der Waals surface area contributed by atoms with Crippen LogP contribution in [0.1, 0.15) is 18.4 Å². The minimum Gasteiger partial charge on any atom is -0.484 e. The van der Waals surface area contributed by atoms with Gasteiger partial charge in [0.25, 0.3) is 5.91 Å². The second-order valence-corrected chi connectivity index (χ2v) is 5.34. The molecule has 7 heteroatoms. The van der Waals surface area contributed by atoms with Crippen LogP contribution < -0.4 is 21.1 Å². The van der Waals surface area contributed by atoms with Crippen LogP contribution in [0.2, 0.25) is 0 Å². The van der Waals surface area contributed by atoms with Gasteiger partial charge in [-0.05, 0) is 30.5 Å². The van der Waals surface area contributed by atoms with Crippen LogP contribution in [0, 0.1) is 0 Å². The van der Waals surface area contributed by atoms with E-state index in [1.807, 2.05) is 18.2 Å². The van der Waals surface area contributed by atoms with Gasteiger partial charge in [-0.3, -0.25) is 9.79 Å². The maximum Gasteiger partial charge on any atom is 0.255 e. The van der Waals surface area contributed by atoms with Gasteiger partial charge in [0.1, 0.15) is 5.75 Å². The number of primary amides is 1. The molecule has 2 rings (SSSR count). The molecule has 0 radical (unpaired) electrons. The van der Waals surface area contributed by atoms with Crippen molar-refractivity contribution in [3.05, 3.63) is 29.8 Å². The van der Waals surface area contributed by atoms with Gasteiger partial charge in [0.15, 0.2) is 12.6 Å². The van der Waals surface area contributed by atoms with Crippen LogP contribution in [0.25, 0.3) is 0 Å². The Bertz CT molecular complexity index is 542. The van der Waals surface area contributed by atoms with Gasteiger partial charge in [-0.2, -0.15) is 0 Å². The summed E-state index contributed by atoms with van der Waals surface area (Å²) >= 11 is 0. The topological polar surface area (TPSA) is 98.0 Å². The molecule has 1 heterocycles. The first kappa shape index (κ1) is 17.1. The number of rotatable bonds is 7. The predicted molar refractivity (Wildman–Crippen MR) is 88.3 cm³/mol. The first-order chi connectivity index (χ1) is 11.2. The zero-order valence-corrected chi connectivity index (χ0v) is 13.4. The van der Waals surface area contributed by atoms with Crippen LogP contribution in [-0.2, 0) is 16.1 Å². The smallest absolute Gasteiger partial charge is 0.255 e. The summed E-state index contributed by atoms with van der Waals surface area (Å²) < 4.78 is 10.9. The van der Waals surface area contributed by atoms with Crippen molar-refractivity contribution in [2.45, 2.75) is 25.5 Å². The van der Waals surface area contributed by atoms with Crippen molar-refractivity contribution in [3.8, 4) is 5.75 Å². The molecule has 1 fully saturated rings. The SMILES string of the molecule is CN=C(NCc1cccc(OCC(N)=O)c1)NCC1CCCO1. The summed E-state index contributed by atoms with van der Waals surface area (Å²) in [5, 5.41) is 6.50. The van der Waals surface area contributed by atoms with Crippen molar-refractivity contribution in [2.75, 3.05) is 26.8 Å². The Morgan fingerprint density at radius 3 is 3.04 bits per heavy atom. The summed E-state index contributed by atoms with van der Waals surface area (Å²) in [6, 6.07) is 7.49. The number of nitrogens with zero attached hydrogens (tertiary/aromatic N) is 1. The number of guanidine groups is 1. The van der Waals surface area contributed by atoms with Crippen LogP contribution in [0.15, 0.2) is 29.3 Å². The quantitative estimate of drug-likeness (QED) is 0.499. The molecular weight excluding hydrogens is 296 g/mol. The number of nitrogens with one attached hydrogen (secondary N) is 2. The van der Waals surface area contributed by atoms with Crippen LogP contribution in [0.4, 0.5) is 0 Å². The lowest BCUT2D eigenvalue weighted by molar-refractivity contribution is -0.119. The van der Waals surface area contributed by atoms with E-state index in [-0.39, 0.29) is 12.7 Å². The van der Waals surface area contributed by atoms with E-state index in [1.165, 1.54) is 0 Å². The van der Waals surface area contributed by atoms with Gasteiger partial charge < -0.3 is 25.8 Å². The van der Waals surface area contributed by atoms with Crippen LogP contribution in [0.5, 0.6) is 5.75 Å². The fraction of sp³-hybridized carbons (Fsp3) is 0.500. The normalized spacial score (nSPS) is 17.8. The minimum absolute atomic E-state index is 0.124. The molecule has 1 aromatic carbocycles. The lowest BCUT2D eigenvalue weighted by Crippen LogP contribution is -2.40. The fourth-order valence-corrected chi connectivity index (χ4v) is 2.32. The van der Waals surface area contributed by atoms with E-state index in [0.717, 1.165) is 37.5 Å². The first-order valence-corrected chi connectivity index (χ1v) is 7.73. The molecule has 1 aliphatic rings. The van der Waals surface area contributed by atoms with Crippen molar-refractivity contribution in [3.63, 3.8) is 0 Å². The summed E-state index contributed by atoms with van der Waals surface area (Å²) in [6.45, 7) is 2.07. The van der Waals surface area contributed by atoms with Gasteiger partial charge in [0, 0.05) is 26.7 Å². The molecular formula is C16H24N4O3. The highest BCUT2D eigenvalue weighted by Crippen LogP contribution is 2.13. The molecule has 1 aliphatic heterocycles. The molecule has 0 bridgehead atoms. The van der Waals surface area contributed by atoms with Crippen LogP contribution in [0.3, 0.4) is 0 Å². The highest BCUT2D eigenvalue weighted by molar-refractivity contribution is 5.79. The Morgan fingerprint density at radius 2 is 2.35 bits per heavy atom. The zero-order chi connectivity index (χ0) is 16.5. The number of carbonyl (C=O) groups is 1. The molecule has 1 amide bonds. The van der Waals surface area contributed by atoms with Crippen molar-refractivity contribution in [1.82, 2.24) is 10.6 Å². The summed E-state index contributed by atoms with van der Waals surface area (Å²) in [5.41, 5.74) is 6.09. The van der Waals surface area contributed by atoms with Crippen molar-refractivity contribution in [2.24, 2.45) is 10.7 Å². The zero-order valence-electron chi connectivity index (χ0n) is 13.4. The van der Waals surface area contributed by atoms with E-state index in [1.54, 1.807) is 13.1 Å². The molecule has 0 aliphatic carbocycles. The van der Waals surface area contributed by atoms with Gasteiger partial charge in [0.2, 0.25) is 0 Å². The first-order valence-electron chi connectivity index (χ1n) is 7.73. The standard InChI is InChI=1S/C16H24N4O3/c1-18-16(20-10-14-6-3-7-22-14)19-9-12-4-2-5-13(8-12)23-11-15(17)21/h2,4-5,8,14H,3,6-7,9-11H2,1H3,(H2,17,21)(H2,18,19,20). The molecule has 4 N–H and O–H groups in total. The number of hydrogen-bond donors (Lipinski definition) is 3. The molecule has 1 atom stereocenters. The number of amides is 1. The molecule has 0 aromatic heterocycles. The Balaban J connectivity index is 1.78. The molecule has 0 saturated carbocycles. The third-order valence-corrected chi connectivity index (χ3v) is 3.48. The Labute approximate surface area is 136 Å². The lowest BCUT2D eigenvalue weighted by Gasteiger charge is -2.15. The predicted octanol–water partition coefficient (Wildman–Crippen LogP) is 0.395. The van der Waals surface area contributed by atoms with Crippen molar-refractivity contribution >= 4 is 11.9 Å². The molecule has 1 unspecified atom stereocenters. The fourth-order valence-electron chi connectivity index (χ4n) is 2.32. The monoisotopic (exact) mass is 320 g/mol. The minimum atomic E-state index is -0.493. The van der Waals surface area contributed by atoms with E-state index in [2.05, 4.69) is 15.6 Å². The Morgan fingerprint density at radius 1 is 1.48 bits per heavy atom. The number of carbonyl (C=O) groups excluding carboxylic acids is 1. The summed E-state index contributed by atoms with van der Waals surface area (Å²) in [7, 11) is 1.73. The maximum absolute atomic E-state index is 10.7. The van der Waals surface area contributed by atoms with Gasteiger partial charge >= 0.3 is 0 Å². The van der Waals surface area contributed by atoms with E-state index in [4.69, 9.17) is 15.2 Å². The van der Waals surface area contributed by atoms with Crippen LogP contribution in [-0.4, -0.2) is 44.8 Å². The van der Waals surface area contributed by atoms with Gasteiger partial charge in [-0.1, -0.05) is 12.1 Å². The largest absolute Gasteiger partial charge is 0.484 e. The number of aliphatic imine (C=N–C) groups is 1. The Hall–Kier alpha value is -2.28. The summed E-state index contributed by atoms with van der Waals surface area (Å²) in [6.07, 6.45) is 2.47. The average molecular weight is 320 g/mol. The summed E-state index contributed by atoms with van der Waals surface area (Å²) in [4.78, 5) is 14.9. The van der Waals surface area contributed by atoms with E-state index < -0.39 is 5.91 Å². The van der Waals surface area contributed by atoms with Crippen molar-refractivity contribution < 1.29 is 14.3 Å². The maximum atomic E-state index is 10.7. The third kappa shape index (κ3) is 6.15. The van der Waals surface area contributed by atoms with Gasteiger partial charge in [-0.25, -0.2) is 0 Å². The molecule has 1 saturated heterocycles. The number of nitrogens with two attached hydrogens (primary N) is 1. The molecule has 1 aromatic rings. The summed E-state index contributed by atoms with van der Waals surface area (Å²) in [5.74, 6) is 0.849. The second kappa shape index (κ2) is 8.99. The molecule has 0 spiro atoms. The second-order valence-electron chi connectivity index (χ2n) is 5.34. The molecule has 7 nitrogen and oxygen atoms in total. The highest BCUT2D eigenvalue weighted by atomic mass is 16.5. The average Bonchev–Trinajstić information content (AvgIpc) is 3.07. The number of benzene rings is 1. The third-order valence-electron chi connectivity index (χ3n) is 3.48. The van der Waals surface area contributed by atoms with Crippen molar-refractivity contribution in [1.29, 1.82) is 0 Å². The molecule has 23 heavy (non-hydrogen) atoms. The van der Waals surface area contributed by atoms with Gasteiger partial charge in [-0.15, -0.1) is 0 Å². The van der Waals surface area contributed by atoms with E-state index >= 15 is 0 Å². The van der Waals surface area contributed by atoms with Crippen LogP contribution >= 0.6 is 0 Å². The Kier molecular flexibility index (Phi) is 6.68. The van der Waals surface area contributed by atoms with Gasteiger partial charge in [0.05, 0.1) is 6.10 Å². The number of ether oxygens (including phenoxy) is 2. The number of hydrogen-bond acceptors (Lipinski definition) is 4. The highest BCUT2D eigenvalue weighted by Gasteiger charge is 2.15. The molecule has 126 valence electrons.